The van der Waals surface area contributed by atoms with Crippen LogP contribution in [0.5, 0.6) is 0 Å². The van der Waals surface area contributed by atoms with Crippen LogP contribution < -0.4 is 5.69 Å². The second-order valence-electron chi connectivity index (χ2n) is 3.22. The molecule has 2 aromatic rings. The summed E-state index contributed by atoms with van der Waals surface area (Å²) in [7, 11) is 0. The number of imidazole rings is 1. The molecule has 1 aromatic carbocycles. The molecule has 0 fully saturated rings. The Morgan fingerprint density at radius 1 is 1.31 bits per heavy atom. The highest BCUT2D eigenvalue weighted by atomic mass is 16.1. The maximum Gasteiger partial charge on any atom is 0.326 e. The molecular weight excluding hydrogens is 164 g/mol. The van der Waals surface area contributed by atoms with E-state index in [1.807, 2.05) is 18.2 Å². The fourth-order valence-electron chi connectivity index (χ4n) is 1.85. The molecule has 3 nitrogen and oxygen atoms in total. The van der Waals surface area contributed by atoms with Crippen molar-refractivity contribution in [1.82, 2.24) is 9.55 Å². The van der Waals surface area contributed by atoms with Crippen molar-refractivity contribution in [3.05, 3.63) is 46.5 Å². The van der Waals surface area contributed by atoms with Crippen molar-refractivity contribution >= 4 is 0 Å². The zero-order chi connectivity index (χ0) is 8.84. The first-order chi connectivity index (χ1) is 6.36. The minimum absolute atomic E-state index is 0.0220. The van der Waals surface area contributed by atoms with Crippen LogP contribution >= 0.6 is 0 Å². The monoisotopic (exact) mass is 172 g/mol. The fourth-order valence-corrected chi connectivity index (χ4v) is 1.85. The number of aromatic amines is 1. The third-order valence-corrected chi connectivity index (χ3v) is 2.49. The SMILES string of the molecule is O=c1[nH]cc2n1Cc1ccccc1-2. The van der Waals surface area contributed by atoms with E-state index in [-0.39, 0.29) is 5.69 Å². The molecule has 0 atom stereocenters. The Morgan fingerprint density at radius 3 is 3.08 bits per heavy atom. The first-order valence-electron chi connectivity index (χ1n) is 4.23. The first kappa shape index (κ1) is 6.71. The highest BCUT2D eigenvalue weighted by molar-refractivity contribution is 5.67. The average molecular weight is 172 g/mol. The molecule has 0 saturated carbocycles. The molecule has 1 aliphatic heterocycles. The van der Waals surface area contributed by atoms with Gasteiger partial charge in [0.1, 0.15) is 0 Å². The van der Waals surface area contributed by atoms with Crippen LogP contribution in [0.25, 0.3) is 11.3 Å². The predicted octanol–water partition coefficient (Wildman–Crippen LogP) is 1.21. The summed E-state index contributed by atoms with van der Waals surface area (Å²) in [6, 6.07) is 8.09. The molecule has 64 valence electrons. The van der Waals surface area contributed by atoms with Crippen molar-refractivity contribution < 1.29 is 0 Å². The van der Waals surface area contributed by atoms with Gasteiger partial charge in [0.15, 0.2) is 0 Å². The highest BCUT2D eigenvalue weighted by Crippen LogP contribution is 2.28. The van der Waals surface area contributed by atoms with E-state index in [0.29, 0.717) is 6.54 Å². The van der Waals surface area contributed by atoms with Gasteiger partial charge in [-0.2, -0.15) is 0 Å². The summed E-state index contributed by atoms with van der Waals surface area (Å²) in [6.07, 6.45) is 1.77. The molecular formula is C10H8N2O. The zero-order valence-corrected chi connectivity index (χ0v) is 6.95. The van der Waals surface area contributed by atoms with Gasteiger partial charge >= 0.3 is 5.69 Å². The van der Waals surface area contributed by atoms with Gasteiger partial charge in [-0.3, -0.25) is 4.57 Å². The maximum atomic E-state index is 11.3. The summed E-state index contributed by atoms with van der Waals surface area (Å²) in [4.78, 5) is 14.0. The van der Waals surface area contributed by atoms with Crippen LogP contribution in [-0.2, 0) is 6.54 Å². The molecule has 1 aromatic heterocycles. The second-order valence-corrected chi connectivity index (χ2v) is 3.22. The Kier molecular flexibility index (Phi) is 1.10. The topological polar surface area (TPSA) is 37.8 Å². The number of hydrogen-bond acceptors (Lipinski definition) is 1. The number of nitrogens with zero attached hydrogens (tertiary/aromatic N) is 1. The first-order valence-corrected chi connectivity index (χ1v) is 4.23. The van der Waals surface area contributed by atoms with E-state index in [4.69, 9.17) is 0 Å². The van der Waals surface area contributed by atoms with Gasteiger partial charge < -0.3 is 4.98 Å². The molecule has 3 rings (SSSR count). The molecule has 2 heterocycles. The molecule has 0 spiro atoms. The summed E-state index contributed by atoms with van der Waals surface area (Å²) >= 11 is 0. The van der Waals surface area contributed by atoms with Crippen molar-refractivity contribution in [3.8, 4) is 11.3 Å². The van der Waals surface area contributed by atoms with Crippen LogP contribution in [-0.4, -0.2) is 9.55 Å². The molecule has 0 amide bonds. The predicted molar refractivity (Wildman–Crippen MR) is 49.6 cm³/mol. The smallest absolute Gasteiger partial charge is 0.312 e. The number of benzene rings is 1. The standard InChI is InChI=1S/C10H8N2O/c13-10-11-5-9-8-4-2-1-3-7(8)6-12(9)10/h1-5H,6H2,(H,11,13). The van der Waals surface area contributed by atoms with Gasteiger partial charge in [-0.15, -0.1) is 0 Å². The van der Waals surface area contributed by atoms with Gasteiger partial charge in [0, 0.05) is 11.8 Å². The molecule has 0 unspecified atom stereocenters. The Labute approximate surface area is 74.6 Å². The third-order valence-electron chi connectivity index (χ3n) is 2.49. The van der Waals surface area contributed by atoms with E-state index in [1.165, 1.54) is 11.1 Å². The number of H-pyrrole nitrogens is 1. The van der Waals surface area contributed by atoms with Gasteiger partial charge in [-0.25, -0.2) is 4.79 Å². The zero-order valence-electron chi connectivity index (χ0n) is 6.95. The molecule has 1 N–H and O–H groups in total. The Hall–Kier alpha value is -1.77. The Balaban J connectivity index is 2.38. The van der Waals surface area contributed by atoms with Gasteiger partial charge in [-0.1, -0.05) is 24.3 Å². The second kappa shape index (κ2) is 2.13. The number of aromatic nitrogens is 2. The lowest BCUT2D eigenvalue weighted by atomic mass is 10.1. The molecule has 3 heteroatoms. The summed E-state index contributed by atoms with van der Waals surface area (Å²) in [6.45, 7) is 0.702. The lowest BCUT2D eigenvalue weighted by Gasteiger charge is -1.93. The number of rotatable bonds is 0. The van der Waals surface area contributed by atoms with Crippen molar-refractivity contribution in [3.63, 3.8) is 0 Å². The minimum Gasteiger partial charge on any atom is -0.312 e. The van der Waals surface area contributed by atoms with Crippen LogP contribution in [0.15, 0.2) is 35.3 Å². The van der Waals surface area contributed by atoms with Gasteiger partial charge in [0.05, 0.1) is 12.2 Å². The highest BCUT2D eigenvalue weighted by Gasteiger charge is 2.18. The van der Waals surface area contributed by atoms with Crippen molar-refractivity contribution in [2.24, 2.45) is 0 Å². The Morgan fingerprint density at radius 2 is 2.15 bits per heavy atom. The summed E-state index contributed by atoms with van der Waals surface area (Å²) in [5.41, 5.74) is 3.37. The van der Waals surface area contributed by atoms with Gasteiger partial charge in [0.2, 0.25) is 0 Å². The average Bonchev–Trinajstić information content (AvgIpc) is 2.67. The van der Waals surface area contributed by atoms with Crippen LogP contribution in [0.1, 0.15) is 5.56 Å². The lowest BCUT2D eigenvalue weighted by Crippen LogP contribution is -2.14. The molecule has 0 saturated heterocycles. The van der Waals surface area contributed by atoms with E-state index in [1.54, 1.807) is 10.8 Å². The number of nitrogens with one attached hydrogen (secondary N) is 1. The third kappa shape index (κ3) is 0.758. The van der Waals surface area contributed by atoms with E-state index in [9.17, 15) is 4.79 Å². The largest absolute Gasteiger partial charge is 0.326 e. The van der Waals surface area contributed by atoms with Crippen molar-refractivity contribution in [1.29, 1.82) is 0 Å². The van der Waals surface area contributed by atoms with Crippen LogP contribution in [0.4, 0.5) is 0 Å². The number of fused-ring (bicyclic) bond motifs is 3. The maximum absolute atomic E-state index is 11.3. The lowest BCUT2D eigenvalue weighted by molar-refractivity contribution is 0.799. The van der Waals surface area contributed by atoms with E-state index in [0.717, 1.165) is 5.69 Å². The summed E-state index contributed by atoms with van der Waals surface area (Å²) in [5.74, 6) is 0. The van der Waals surface area contributed by atoms with Crippen molar-refractivity contribution in [2.45, 2.75) is 6.54 Å². The number of hydrogen-bond donors (Lipinski definition) is 1. The van der Waals surface area contributed by atoms with Gasteiger partial charge in [0.25, 0.3) is 0 Å². The molecule has 13 heavy (non-hydrogen) atoms. The molecule has 0 aliphatic carbocycles. The van der Waals surface area contributed by atoms with Crippen LogP contribution in [0.2, 0.25) is 0 Å². The van der Waals surface area contributed by atoms with Gasteiger partial charge in [-0.05, 0) is 5.56 Å². The minimum atomic E-state index is -0.0220. The van der Waals surface area contributed by atoms with E-state index < -0.39 is 0 Å². The normalized spacial score (nSPS) is 12.6. The van der Waals surface area contributed by atoms with Crippen LogP contribution in [0, 0.1) is 0 Å². The van der Waals surface area contributed by atoms with Crippen LogP contribution in [0.3, 0.4) is 0 Å². The quantitative estimate of drug-likeness (QED) is 0.543. The Bertz CT molecular complexity index is 522. The molecule has 1 aliphatic rings. The summed E-state index contributed by atoms with van der Waals surface area (Å²) in [5, 5.41) is 0. The summed E-state index contributed by atoms with van der Waals surface area (Å²) < 4.78 is 1.75. The van der Waals surface area contributed by atoms with E-state index in [2.05, 4.69) is 11.1 Å². The van der Waals surface area contributed by atoms with E-state index >= 15 is 0 Å². The molecule has 0 radical (unpaired) electrons. The van der Waals surface area contributed by atoms with Crippen molar-refractivity contribution in [2.75, 3.05) is 0 Å². The molecule has 0 bridgehead atoms. The fraction of sp³-hybridized carbons (Fsp3) is 0.100.